The number of nitrogens with one attached hydrogen (secondary N) is 1. The van der Waals surface area contributed by atoms with E-state index in [0.717, 1.165) is 20.5 Å². The third kappa shape index (κ3) is 3.10. The monoisotopic (exact) mass is 424 g/mol. The van der Waals surface area contributed by atoms with E-state index in [0.29, 0.717) is 5.69 Å². The van der Waals surface area contributed by atoms with Crippen LogP contribution in [-0.4, -0.2) is 24.5 Å². The maximum atomic E-state index is 12.2. The molecule has 1 heterocycles. The topological polar surface area (TPSA) is 96.4 Å². The van der Waals surface area contributed by atoms with E-state index < -0.39 is 21.7 Å². The van der Waals surface area contributed by atoms with Crippen LogP contribution in [0.1, 0.15) is 16.1 Å². The number of thiazole rings is 1. The number of carbonyl (C=O) groups is 1. The lowest BCUT2D eigenvalue weighted by Gasteiger charge is -2.08. The van der Waals surface area contributed by atoms with E-state index in [9.17, 15) is 13.2 Å². The minimum Gasteiger partial charge on any atom is -0.476 e. The predicted octanol–water partition coefficient (Wildman–Crippen LogP) is 2.56. The van der Waals surface area contributed by atoms with Gasteiger partial charge in [-0.25, -0.2) is 18.2 Å². The molecule has 0 aliphatic carbocycles. The number of hydrogen-bond acceptors (Lipinski definition) is 5. The Balaban J connectivity index is 2.38. The molecule has 0 aliphatic heterocycles. The van der Waals surface area contributed by atoms with Crippen molar-refractivity contribution in [3.05, 3.63) is 38.5 Å². The number of hydrogen-bond donors (Lipinski definition) is 2. The fourth-order valence-corrected chi connectivity index (χ4v) is 4.13. The fraction of sp³-hybridized carbons (Fsp3) is 0.0909. The van der Waals surface area contributed by atoms with E-state index in [1.807, 2.05) is 6.92 Å². The molecular weight excluding hydrogens is 415 g/mol. The van der Waals surface area contributed by atoms with Crippen LogP contribution in [0.4, 0.5) is 5.69 Å². The van der Waals surface area contributed by atoms with E-state index in [1.54, 1.807) is 18.2 Å². The smallest absolute Gasteiger partial charge is 0.356 e. The average molecular weight is 424 g/mol. The minimum atomic E-state index is -3.95. The van der Waals surface area contributed by atoms with Gasteiger partial charge in [-0.1, -0.05) is 6.07 Å². The van der Waals surface area contributed by atoms with Crippen LogP contribution < -0.4 is 4.72 Å². The summed E-state index contributed by atoms with van der Waals surface area (Å²) in [6.07, 6.45) is 0. The maximum absolute atomic E-state index is 12.2. The van der Waals surface area contributed by atoms with E-state index in [4.69, 9.17) is 5.11 Å². The quantitative estimate of drug-likeness (QED) is 0.736. The van der Waals surface area contributed by atoms with Crippen LogP contribution in [0, 0.1) is 10.5 Å². The Morgan fingerprint density at radius 3 is 2.75 bits per heavy atom. The van der Waals surface area contributed by atoms with Crippen molar-refractivity contribution in [3.8, 4) is 0 Å². The molecule has 0 radical (unpaired) electrons. The molecule has 0 spiro atoms. The summed E-state index contributed by atoms with van der Waals surface area (Å²) in [5.74, 6) is -1.37. The number of rotatable bonds is 4. The number of sulfonamides is 1. The number of carboxylic acids is 1. The van der Waals surface area contributed by atoms with Gasteiger partial charge in [-0.15, -0.1) is 11.3 Å². The standard InChI is InChI=1S/C11H9IN2O4S2/c1-6-2-3-7(4-8(6)12)14-20(17,18)11-9(10(15)16)13-5-19-11/h2-5,14H,1H3,(H,15,16). The molecule has 1 aromatic heterocycles. The molecule has 2 aromatic rings. The lowest BCUT2D eigenvalue weighted by molar-refractivity contribution is 0.0687. The zero-order valence-electron chi connectivity index (χ0n) is 10.1. The van der Waals surface area contributed by atoms with Crippen LogP contribution >= 0.6 is 33.9 Å². The van der Waals surface area contributed by atoms with Crippen LogP contribution in [0.3, 0.4) is 0 Å². The Labute approximate surface area is 133 Å². The van der Waals surface area contributed by atoms with Gasteiger partial charge in [0, 0.05) is 9.26 Å². The second kappa shape index (κ2) is 5.66. The molecule has 0 amide bonds. The van der Waals surface area contributed by atoms with Gasteiger partial charge >= 0.3 is 5.97 Å². The summed E-state index contributed by atoms with van der Waals surface area (Å²) in [5.41, 5.74) is 2.13. The average Bonchev–Trinajstić information content (AvgIpc) is 2.83. The molecule has 1 aromatic carbocycles. The van der Waals surface area contributed by atoms with Crippen LogP contribution in [0.15, 0.2) is 27.9 Å². The molecule has 0 bridgehead atoms. The summed E-state index contributed by atoms with van der Waals surface area (Å²) in [5, 5.41) is 8.92. The second-order valence-electron chi connectivity index (χ2n) is 3.86. The summed E-state index contributed by atoms with van der Waals surface area (Å²) >= 11 is 2.86. The van der Waals surface area contributed by atoms with Crippen molar-refractivity contribution in [1.29, 1.82) is 0 Å². The lowest BCUT2D eigenvalue weighted by atomic mass is 10.2. The van der Waals surface area contributed by atoms with Crippen molar-refractivity contribution in [1.82, 2.24) is 4.98 Å². The number of benzene rings is 1. The van der Waals surface area contributed by atoms with Crippen molar-refractivity contribution in [2.75, 3.05) is 4.72 Å². The highest BCUT2D eigenvalue weighted by molar-refractivity contribution is 14.1. The molecule has 0 unspecified atom stereocenters. The third-order valence-electron chi connectivity index (χ3n) is 2.41. The van der Waals surface area contributed by atoms with Gasteiger partial charge in [0.1, 0.15) is 0 Å². The summed E-state index contributed by atoms with van der Waals surface area (Å²) in [6.45, 7) is 1.91. The fourth-order valence-electron chi connectivity index (χ4n) is 1.43. The molecule has 2 rings (SSSR count). The normalized spacial score (nSPS) is 11.3. The number of halogens is 1. The van der Waals surface area contributed by atoms with Crippen molar-refractivity contribution >= 4 is 55.6 Å². The van der Waals surface area contributed by atoms with Gasteiger partial charge in [0.25, 0.3) is 10.0 Å². The Morgan fingerprint density at radius 1 is 1.45 bits per heavy atom. The number of aryl methyl sites for hydroxylation is 1. The summed E-state index contributed by atoms with van der Waals surface area (Å²) in [4.78, 5) is 14.5. The summed E-state index contributed by atoms with van der Waals surface area (Å²) in [7, 11) is -3.95. The van der Waals surface area contributed by atoms with Crippen molar-refractivity contribution < 1.29 is 18.3 Å². The van der Waals surface area contributed by atoms with E-state index >= 15 is 0 Å². The van der Waals surface area contributed by atoms with Crippen LogP contribution in [0.25, 0.3) is 0 Å². The zero-order chi connectivity index (χ0) is 14.9. The first-order valence-corrected chi connectivity index (χ1v) is 8.71. The van der Waals surface area contributed by atoms with Gasteiger partial charge in [0.05, 0.1) is 5.51 Å². The van der Waals surface area contributed by atoms with Gasteiger partial charge in [-0.3, -0.25) is 4.72 Å². The van der Waals surface area contributed by atoms with E-state index in [2.05, 4.69) is 32.3 Å². The molecule has 0 saturated heterocycles. The summed E-state index contributed by atoms with van der Waals surface area (Å²) < 4.78 is 27.3. The van der Waals surface area contributed by atoms with Gasteiger partial charge in [0.2, 0.25) is 0 Å². The van der Waals surface area contributed by atoms with E-state index in [-0.39, 0.29) is 4.21 Å². The highest BCUT2D eigenvalue weighted by Crippen LogP contribution is 2.24. The van der Waals surface area contributed by atoms with Crippen molar-refractivity contribution in [3.63, 3.8) is 0 Å². The molecule has 9 heteroatoms. The highest BCUT2D eigenvalue weighted by atomic mass is 127. The van der Waals surface area contributed by atoms with Gasteiger partial charge in [0.15, 0.2) is 9.90 Å². The van der Waals surface area contributed by atoms with Crippen LogP contribution in [-0.2, 0) is 10.0 Å². The Morgan fingerprint density at radius 2 is 2.15 bits per heavy atom. The summed E-state index contributed by atoms with van der Waals surface area (Å²) in [6, 6.07) is 5.08. The van der Waals surface area contributed by atoms with Crippen molar-refractivity contribution in [2.45, 2.75) is 11.1 Å². The lowest BCUT2D eigenvalue weighted by Crippen LogP contribution is -2.15. The number of nitrogens with zero attached hydrogens (tertiary/aromatic N) is 1. The molecule has 6 nitrogen and oxygen atoms in total. The molecular formula is C11H9IN2O4S2. The Kier molecular flexibility index (Phi) is 4.30. The first-order chi connectivity index (χ1) is 9.31. The molecule has 2 N–H and O–H groups in total. The first-order valence-electron chi connectivity index (χ1n) is 5.27. The molecule has 106 valence electrons. The molecule has 0 atom stereocenters. The molecule has 20 heavy (non-hydrogen) atoms. The van der Waals surface area contributed by atoms with Gasteiger partial charge in [-0.05, 0) is 47.2 Å². The third-order valence-corrected chi connectivity index (χ3v) is 6.32. The molecule has 0 fully saturated rings. The SMILES string of the molecule is Cc1ccc(NS(=O)(=O)c2scnc2C(=O)O)cc1I. The Bertz CT molecular complexity index is 770. The largest absolute Gasteiger partial charge is 0.476 e. The second-order valence-corrected chi connectivity index (χ2v) is 7.76. The maximum Gasteiger partial charge on any atom is 0.356 e. The van der Waals surface area contributed by atoms with Gasteiger partial charge in [-0.2, -0.15) is 0 Å². The minimum absolute atomic E-state index is 0.305. The van der Waals surface area contributed by atoms with Crippen LogP contribution in [0.5, 0.6) is 0 Å². The predicted molar refractivity (Wildman–Crippen MR) is 83.8 cm³/mol. The number of aromatic carboxylic acids is 1. The first kappa shape index (κ1) is 15.2. The number of anilines is 1. The Hall–Kier alpha value is -1.20. The van der Waals surface area contributed by atoms with Crippen LogP contribution in [0.2, 0.25) is 0 Å². The van der Waals surface area contributed by atoms with Gasteiger partial charge < -0.3 is 5.11 Å². The molecule has 0 aliphatic rings. The van der Waals surface area contributed by atoms with Crippen molar-refractivity contribution in [2.24, 2.45) is 0 Å². The molecule has 0 saturated carbocycles. The number of aromatic nitrogens is 1. The zero-order valence-corrected chi connectivity index (χ0v) is 13.9. The number of carboxylic acid groups (broad SMARTS) is 1. The van der Waals surface area contributed by atoms with E-state index in [1.165, 1.54) is 5.51 Å². The highest BCUT2D eigenvalue weighted by Gasteiger charge is 2.25.